The fraction of sp³-hybridized carbons (Fsp3) is 0.333. The highest BCUT2D eigenvalue weighted by Gasteiger charge is 2.16. The number of ether oxygens (including phenoxy) is 1. The molecule has 0 saturated carbocycles. The van der Waals surface area contributed by atoms with Gasteiger partial charge in [0.05, 0.1) is 12.5 Å². The van der Waals surface area contributed by atoms with E-state index in [-0.39, 0.29) is 5.38 Å². The lowest BCUT2D eigenvalue weighted by molar-refractivity contribution is 0.411. The van der Waals surface area contributed by atoms with Crippen molar-refractivity contribution in [1.29, 1.82) is 0 Å². The molecule has 1 atom stereocenters. The molecule has 0 amide bonds. The van der Waals surface area contributed by atoms with Crippen LogP contribution >= 0.6 is 22.9 Å². The predicted octanol–water partition coefficient (Wildman–Crippen LogP) is 4.96. The summed E-state index contributed by atoms with van der Waals surface area (Å²) in [5.41, 5.74) is 3.59. The van der Waals surface area contributed by atoms with Crippen LogP contribution in [0.15, 0.2) is 29.6 Å². The van der Waals surface area contributed by atoms with E-state index in [0.717, 1.165) is 23.3 Å². The SMILES string of the molecule is CCc1ccsc1C(Cl)c1ccc(OC)c(C)c1. The van der Waals surface area contributed by atoms with Crippen LogP contribution in [0.2, 0.25) is 0 Å². The summed E-state index contributed by atoms with van der Waals surface area (Å²) < 4.78 is 5.27. The standard InChI is InChI=1S/C15H17ClOS/c1-4-11-7-8-18-15(11)14(16)12-5-6-13(17-3)10(2)9-12/h5-9,14H,4H2,1-3H3. The van der Waals surface area contributed by atoms with E-state index >= 15 is 0 Å². The van der Waals surface area contributed by atoms with Crippen LogP contribution in [0, 0.1) is 6.92 Å². The van der Waals surface area contributed by atoms with E-state index in [9.17, 15) is 0 Å². The minimum Gasteiger partial charge on any atom is -0.496 e. The number of hydrogen-bond donors (Lipinski definition) is 0. The first-order valence-corrected chi connectivity index (χ1v) is 7.33. The number of aryl methyl sites for hydroxylation is 2. The lowest BCUT2D eigenvalue weighted by atomic mass is 10.0. The zero-order chi connectivity index (χ0) is 13.1. The van der Waals surface area contributed by atoms with Crippen LogP contribution in [-0.4, -0.2) is 7.11 Å². The summed E-state index contributed by atoms with van der Waals surface area (Å²) in [5, 5.41) is 2.05. The number of benzene rings is 1. The molecule has 1 heterocycles. The Morgan fingerprint density at radius 2 is 2.11 bits per heavy atom. The summed E-state index contributed by atoms with van der Waals surface area (Å²) >= 11 is 8.32. The molecule has 0 fully saturated rings. The first-order valence-electron chi connectivity index (χ1n) is 6.02. The van der Waals surface area contributed by atoms with Crippen molar-refractivity contribution in [3.05, 3.63) is 51.2 Å². The van der Waals surface area contributed by atoms with E-state index in [1.54, 1.807) is 18.4 Å². The third-order valence-corrected chi connectivity index (χ3v) is 4.73. The Hall–Kier alpha value is -0.990. The van der Waals surface area contributed by atoms with Gasteiger partial charge in [0.25, 0.3) is 0 Å². The van der Waals surface area contributed by atoms with Crippen LogP contribution in [0.5, 0.6) is 5.75 Å². The van der Waals surface area contributed by atoms with E-state index < -0.39 is 0 Å². The van der Waals surface area contributed by atoms with Crippen LogP contribution in [0.3, 0.4) is 0 Å². The molecule has 0 saturated heterocycles. The van der Waals surface area contributed by atoms with E-state index in [4.69, 9.17) is 16.3 Å². The molecule has 1 aromatic heterocycles. The Bertz CT molecular complexity index is 533. The van der Waals surface area contributed by atoms with Gasteiger partial charge < -0.3 is 4.74 Å². The van der Waals surface area contributed by atoms with E-state index in [2.05, 4.69) is 24.4 Å². The molecule has 0 aliphatic rings. The van der Waals surface area contributed by atoms with Crippen LogP contribution in [0.4, 0.5) is 0 Å². The van der Waals surface area contributed by atoms with Crippen molar-refractivity contribution >= 4 is 22.9 Å². The predicted molar refractivity (Wildman–Crippen MR) is 79.1 cm³/mol. The molecule has 1 nitrogen and oxygen atoms in total. The Morgan fingerprint density at radius 3 is 2.72 bits per heavy atom. The fourth-order valence-corrected chi connectivity index (χ4v) is 3.50. The molecular weight excluding hydrogens is 264 g/mol. The molecule has 3 heteroatoms. The summed E-state index contributed by atoms with van der Waals surface area (Å²) in [6, 6.07) is 8.29. The first kappa shape index (κ1) is 13.4. The first-order chi connectivity index (χ1) is 8.67. The molecular formula is C15H17ClOS. The smallest absolute Gasteiger partial charge is 0.121 e. The molecule has 0 bridgehead atoms. The third-order valence-electron chi connectivity index (χ3n) is 3.10. The van der Waals surface area contributed by atoms with Gasteiger partial charge in [-0.1, -0.05) is 19.1 Å². The van der Waals surface area contributed by atoms with Crippen LogP contribution in [0.1, 0.15) is 33.9 Å². The molecule has 0 aliphatic heterocycles. The van der Waals surface area contributed by atoms with Gasteiger partial charge in [-0.2, -0.15) is 0 Å². The minimum absolute atomic E-state index is 0.0652. The summed E-state index contributed by atoms with van der Waals surface area (Å²) in [5.74, 6) is 0.907. The highest BCUT2D eigenvalue weighted by Crippen LogP contribution is 2.36. The van der Waals surface area contributed by atoms with Crippen molar-refractivity contribution in [2.45, 2.75) is 25.6 Å². The van der Waals surface area contributed by atoms with Gasteiger partial charge in [0, 0.05) is 4.88 Å². The Kier molecular flexibility index (Phi) is 4.31. The molecule has 2 aromatic rings. The van der Waals surface area contributed by atoms with Crippen LogP contribution in [-0.2, 0) is 6.42 Å². The maximum absolute atomic E-state index is 6.59. The second-order valence-corrected chi connectivity index (χ2v) is 5.64. The number of hydrogen-bond acceptors (Lipinski definition) is 2. The van der Waals surface area contributed by atoms with Crippen molar-refractivity contribution in [1.82, 2.24) is 0 Å². The van der Waals surface area contributed by atoms with Gasteiger partial charge in [-0.25, -0.2) is 0 Å². The van der Waals surface area contributed by atoms with Gasteiger partial charge in [0.2, 0.25) is 0 Å². The van der Waals surface area contributed by atoms with Crippen molar-refractivity contribution in [2.75, 3.05) is 7.11 Å². The van der Waals surface area contributed by atoms with Gasteiger partial charge in [-0.3, -0.25) is 0 Å². The quantitative estimate of drug-likeness (QED) is 0.720. The normalized spacial score (nSPS) is 12.4. The minimum atomic E-state index is -0.0652. The highest BCUT2D eigenvalue weighted by molar-refractivity contribution is 7.10. The monoisotopic (exact) mass is 280 g/mol. The summed E-state index contributed by atoms with van der Waals surface area (Å²) in [7, 11) is 1.69. The maximum Gasteiger partial charge on any atom is 0.121 e. The third kappa shape index (κ3) is 2.55. The molecule has 18 heavy (non-hydrogen) atoms. The number of thiophene rings is 1. The second kappa shape index (κ2) is 5.77. The summed E-state index contributed by atoms with van der Waals surface area (Å²) in [6.07, 6.45) is 1.02. The van der Waals surface area contributed by atoms with E-state index in [1.807, 2.05) is 19.1 Å². The highest BCUT2D eigenvalue weighted by atomic mass is 35.5. The molecule has 0 radical (unpaired) electrons. The zero-order valence-electron chi connectivity index (χ0n) is 10.9. The maximum atomic E-state index is 6.59. The molecule has 1 unspecified atom stereocenters. The summed E-state index contributed by atoms with van der Waals surface area (Å²) in [4.78, 5) is 1.25. The van der Waals surface area contributed by atoms with Gasteiger partial charge >= 0.3 is 0 Å². The average molecular weight is 281 g/mol. The number of halogens is 1. The van der Waals surface area contributed by atoms with Crippen molar-refractivity contribution in [3.8, 4) is 5.75 Å². The number of rotatable bonds is 4. The summed E-state index contributed by atoms with van der Waals surface area (Å²) in [6.45, 7) is 4.20. The van der Waals surface area contributed by atoms with Gasteiger partial charge in [0.1, 0.15) is 5.75 Å². The number of alkyl halides is 1. The lowest BCUT2D eigenvalue weighted by Crippen LogP contribution is -1.96. The van der Waals surface area contributed by atoms with E-state index in [1.165, 1.54) is 10.4 Å². The van der Waals surface area contributed by atoms with Crippen LogP contribution < -0.4 is 4.74 Å². The Morgan fingerprint density at radius 1 is 1.33 bits per heavy atom. The molecule has 0 aliphatic carbocycles. The topological polar surface area (TPSA) is 9.23 Å². The van der Waals surface area contributed by atoms with Crippen molar-refractivity contribution < 1.29 is 4.74 Å². The van der Waals surface area contributed by atoms with Gasteiger partial charge in [-0.05, 0) is 47.5 Å². The van der Waals surface area contributed by atoms with Gasteiger partial charge in [0.15, 0.2) is 0 Å². The Labute approximate surface area is 117 Å². The Balaban J connectivity index is 2.34. The average Bonchev–Trinajstić information content (AvgIpc) is 2.86. The van der Waals surface area contributed by atoms with Gasteiger partial charge in [-0.15, -0.1) is 22.9 Å². The fourth-order valence-electron chi connectivity index (χ4n) is 2.07. The molecule has 0 spiro atoms. The number of methoxy groups -OCH3 is 1. The van der Waals surface area contributed by atoms with Crippen molar-refractivity contribution in [3.63, 3.8) is 0 Å². The van der Waals surface area contributed by atoms with Crippen molar-refractivity contribution in [2.24, 2.45) is 0 Å². The molecule has 96 valence electrons. The van der Waals surface area contributed by atoms with Crippen LogP contribution in [0.25, 0.3) is 0 Å². The lowest BCUT2D eigenvalue weighted by Gasteiger charge is -2.13. The molecule has 0 N–H and O–H groups in total. The van der Waals surface area contributed by atoms with E-state index in [0.29, 0.717) is 0 Å². The molecule has 2 rings (SSSR count). The second-order valence-electron chi connectivity index (χ2n) is 4.26. The molecule has 1 aromatic carbocycles. The largest absolute Gasteiger partial charge is 0.496 e. The zero-order valence-corrected chi connectivity index (χ0v) is 12.4.